The van der Waals surface area contributed by atoms with Crippen molar-refractivity contribution in [2.45, 2.75) is 111 Å². The molecule has 0 radical (unpaired) electrons. The first-order valence-corrected chi connectivity index (χ1v) is 17.2. The summed E-state index contributed by atoms with van der Waals surface area (Å²) >= 11 is 8.43. The summed E-state index contributed by atoms with van der Waals surface area (Å²) in [7, 11) is 0. The van der Waals surface area contributed by atoms with Crippen LogP contribution < -0.4 is 9.64 Å². The molecular formula is C35H52BrClN2O2S. The van der Waals surface area contributed by atoms with E-state index in [4.69, 9.17) is 16.3 Å². The Morgan fingerprint density at radius 2 is 1.60 bits per heavy atom. The van der Waals surface area contributed by atoms with Gasteiger partial charge in [0.15, 0.2) is 0 Å². The maximum atomic E-state index is 12.5. The van der Waals surface area contributed by atoms with Gasteiger partial charge in [-0.2, -0.15) is 0 Å². The fraction of sp³-hybridized carbons (Fsp3) is 0.571. The van der Waals surface area contributed by atoms with Gasteiger partial charge in [-0.15, -0.1) is 28.7 Å². The van der Waals surface area contributed by atoms with Gasteiger partial charge in [0.05, 0.1) is 17.5 Å². The normalized spacial score (nSPS) is 12.7. The highest BCUT2D eigenvalue weighted by Crippen LogP contribution is 2.28. The van der Waals surface area contributed by atoms with Crippen LogP contribution in [-0.4, -0.2) is 29.8 Å². The second-order valence-electron chi connectivity index (χ2n) is 11.4. The van der Waals surface area contributed by atoms with Gasteiger partial charge in [-0.3, -0.25) is 4.79 Å². The largest absolute Gasteiger partial charge is 0.492 e. The van der Waals surface area contributed by atoms with Gasteiger partial charge in [0.2, 0.25) is 5.91 Å². The minimum atomic E-state index is 0. The monoisotopic (exact) mass is 678 g/mol. The molecule has 0 spiro atoms. The molecule has 0 saturated carbocycles. The first-order valence-electron chi connectivity index (χ1n) is 15.8. The molecule has 0 fully saturated rings. The maximum Gasteiger partial charge on any atom is 0.223 e. The van der Waals surface area contributed by atoms with Crippen LogP contribution in [0.15, 0.2) is 53.6 Å². The number of benzene rings is 2. The standard InChI is InChI=1S/C35H51ClN2O2S.BrH/c1-4-5-6-7-8-9-10-11-12-13-14-15-23-40-35-20-19-31(25-34(35)36)21-22-38(30(3)39)33-18-16-17-32(24-33)27-37-26-29(2)41-28-37;/h16-20,24-26H,4-15,21-23,27-28H2,1-3H3;1H. The summed E-state index contributed by atoms with van der Waals surface area (Å²) in [6.07, 6.45) is 18.9. The zero-order valence-electron chi connectivity index (χ0n) is 26.0. The fourth-order valence-electron chi connectivity index (χ4n) is 5.32. The highest BCUT2D eigenvalue weighted by atomic mass is 79.9. The number of anilines is 1. The van der Waals surface area contributed by atoms with Gasteiger partial charge in [0.25, 0.3) is 0 Å². The van der Waals surface area contributed by atoms with E-state index in [0.717, 1.165) is 42.3 Å². The smallest absolute Gasteiger partial charge is 0.223 e. The Morgan fingerprint density at radius 3 is 2.19 bits per heavy atom. The zero-order valence-corrected chi connectivity index (χ0v) is 29.3. The lowest BCUT2D eigenvalue weighted by atomic mass is 10.1. The summed E-state index contributed by atoms with van der Waals surface area (Å²) < 4.78 is 5.99. The van der Waals surface area contributed by atoms with Gasteiger partial charge in [-0.05, 0) is 60.1 Å². The minimum Gasteiger partial charge on any atom is -0.492 e. The topological polar surface area (TPSA) is 32.8 Å². The number of hydrogen-bond acceptors (Lipinski definition) is 4. The van der Waals surface area contributed by atoms with Gasteiger partial charge in [-0.1, -0.05) is 107 Å². The van der Waals surface area contributed by atoms with E-state index in [-0.39, 0.29) is 22.9 Å². The fourth-order valence-corrected chi connectivity index (χ4v) is 6.33. The highest BCUT2D eigenvalue weighted by Gasteiger charge is 2.15. The summed E-state index contributed by atoms with van der Waals surface area (Å²) in [6.45, 7) is 8.21. The number of amides is 1. The van der Waals surface area contributed by atoms with E-state index >= 15 is 0 Å². The summed E-state index contributed by atoms with van der Waals surface area (Å²) in [5.74, 6) is 1.77. The number of halogens is 2. The predicted molar refractivity (Wildman–Crippen MR) is 188 cm³/mol. The Morgan fingerprint density at radius 1 is 0.929 bits per heavy atom. The second-order valence-corrected chi connectivity index (χ2v) is 13.0. The van der Waals surface area contributed by atoms with E-state index in [1.165, 1.54) is 81.1 Å². The molecule has 0 bridgehead atoms. The highest BCUT2D eigenvalue weighted by molar-refractivity contribution is 8.93. The molecule has 0 aliphatic carbocycles. The Hall–Kier alpha value is -1.63. The van der Waals surface area contributed by atoms with Crippen LogP contribution in [0.25, 0.3) is 0 Å². The number of allylic oxidation sites excluding steroid dienone is 1. The van der Waals surface area contributed by atoms with Gasteiger partial charge >= 0.3 is 0 Å². The van der Waals surface area contributed by atoms with Crippen LogP contribution in [0.3, 0.4) is 0 Å². The predicted octanol–water partition coefficient (Wildman–Crippen LogP) is 11.0. The van der Waals surface area contributed by atoms with E-state index in [1.807, 2.05) is 40.9 Å². The second kappa shape index (κ2) is 21.1. The number of ether oxygens (including phenoxy) is 1. The van der Waals surface area contributed by atoms with Crippen molar-refractivity contribution < 1.29 is 9.53 Å². The average Bonchev–Trinajstić information content (AvgIpc) is 3.36. The van der Waals surface area contributed by atoms with E-state index in [1.54, 1.807) is 6.92 Å². The molecule has 234 valence electrons. The molecule has 1 aliphatic rings. The molecule has 42 heavy (non-hydrogen) atoms. The Kier molecular flexibility index (Phi) is 18.4. The van der Waals surface area contributed by atoms with Gasteiger partial charge < -0.3 is 14.5 Å². The molecule has 3 rings (SSSR count). The number of carbonyl (C=O) groups excluding carboxylic acids is 1. The molecule has 2 aromatic rings. The molecule has 7 heteroatoms. The molecular weight excluding hydrogens is 628 g/mol. The van der Waals surface area contributed by atoms with E-state index in [0.29, 0.717) is 18.2 Å². The summed E-state index contributed by atoms with van der Waals surface area (Å²) in [5.41, 5.74) is 3.25. The lowest BCUT2D eigenvalue weighted by Gasteiger charge is -2.23. The Labute approximate surface area is 275 Å². The lowest BCUT2D eigenvalue weighted by Crippen LogP contribution is -2.30. The van der Waals surface area contributed by atoms with Crippen molar-refractivity contribution in [3.8, 4) is 5.75 Å². The van der Waals surface area contributed by atoms with Gasteiger partial charge in [-0.25, -0.2) is 0 Å². The lowest BCUT2D eigenvalue weighted by molar-refractivity contribution is -0.116. The minimum absolute atomic E-state index is 0. The van der Waals surface area contributed by atoms with Crippen molar-refractivity contribution in [1.29, 1.82) is 0 Å². The number of rotatable bonds is 20. The molecule has 1 aliphatic heterocycles. The first-order chi connectivity index (χ1) is 20.0. The number of carbonyl (C=O) groups is 1. The van der Waals surface area contributed by atoms with Crippen LogP contribution in [0, 0.1) is 0 Å². The summed E-state index contributed by atoms with van der Waals surface area (Å²) in [5, 5.41) is 0.643. The molecule has 0 N–H and O–H groups in total. The zero-order chi connectivity index (χ0) is 29.3. The van der Waals surface area contributed by atoms with Crippen LogP contribution in [-0.2, 0) is 17.8 Å². The van der Waals surface area contributed by atoms with Crippen LogP contribution in [0.4, 0.5) is 5.69 Å². The van der Waals surface area contributed by atoms with Crippen molar-refractivity contribution in [2.24, 2.45) is 0 Å². The summed E-state index contributed by atoms with van der Waals surface area (Å²) in [6, 6.07) is 14.3. The van der Waals surface area contributed by atoms with Crippen molar-refractivity contribution in [3.63, 3.8) is 0 Å². The van der Waals surface area contributed by atoms with Gasteiger partial charge in [0, 0.05) is 31.9 Å². The van der Waals surface area contributed by atoms with Crippen molar-refractivity contribution in [3.05, 3.63) is 69.7 Å². The third-order valence-electron chi connectivity index (χ3n) is 7.69. The van der Waals surface area contributed by atoms with Crippen LogP contribution in [0.2, 0.25) is 5.02 Å². The number of nitrogens with zero attached hydrogens (tertiary/aromatic N) is 2. The summed E-state index contributed by atoms with van der Waals surface area (Å²) in [4.78, 5) is 18.0. The molecule has 0 aromatic heterocycles. The van der Waals surface area contributed by atoms with Gasteiger partial charge in [0.1, 0.15) is 5.75 Å². The van der Waals surface area contributed by atoms with E-state index in [2.05, 4.69) is 43.1 Å². The molecule has 1 amide bonds. The third-order valence-corrected chi connectivity index (χ3v) is 9.00. The Balaban J connectivity index is 0.00000616. The van der Waals surface area contributed by atoms with Crippen LogP contribution in [0.5, 0.6) is 5.75 Å². The molecule has 2 aromatic carbocycles. The van der Waals surface area contributed by atoms with Crippen molar-refractivity contribution in [1.82, 2.24) is 4.90 Å². The van der Waals surface area contributed by atoms with E-state index in [9.17, 15) is 4.79 Å². The third kappa shape index (κ3) is 13.8. The molecule has 0 atom stereocenters. The number of unbranched alkanes of at least 4 members (excludes halogenated alkanes) is 11. The first kappa shape index (κ1) is 36.6. The number of hydrogen-bond donors (Lipinski definition) is 0. The average molecular weight is 680 g/mol. The molecule has 1 heterocycles. The number of thioether (sulfide) groups is 1. The van der Waals surface area contributed by atoms with Crippen LogP contribution >= 0.6 is 40.3 Å². The van der Waals surface area contributed by atoms with E-state index < -0.39 is 0 Å². The molecule has 4 nitrogen and oxygen atoms in total. The maximum absolute atomic E-state index is 12.5. The quantitative estimate of drug-likeness (QED) is 0.130. The van der Waals surface area contributed by atoms with Crippen molar-refractivity contribution >= 4 is 51.9 Å². The Bertz CT molecular complexity index is 1100. The SMILES string of the molecule is Br.CCCCCCCCCCCCCCOc1ccc(CCN(C(C)=O)c2cccc(CN3C=C(C)SC3)c2)cc1Cl. The van der Waals surface area contributed by atoms with Crippen LogP contribution in [0.1, 0.15) is 109 Å². The molecule has 0 saturated heterocycles. The van der Waals surface area contributed by atoms with Crippen molar-refractivity contribution in [2.75, 3.05) is 23.9 Å². The molecule has 0 unspecified atom stereocenters.